The van der Waals surface area contributed by atoms with Crippen LogP contribution < -0.4 is 10.1 Å². The Kier molecular flexibility index (Phi) is 7.06. The summed E-state index contributed by atoms with van der Waals surface area (Å²) in [6, 6.07) is 12.6. The molecule has 2 aromatic rings. The first kappa shape index (κ1) is 23.3. The smallest absolute Gasteiger partial charge is 0.251 e. The van der Waals surface area contributed by atoms with Crippen LogP contribution in [0.15, 0.2) is 47.4 Å². The minimum absolute atomic E-state index is 0.0434. The quantitative estimate of drug-likeness (QED) is 0.658. The van der Waals surface area contributed by atoms with Gasteiger partial charge in [0.15, 0.2) is 0 Å². The van der Waals surface area contributed by atoms with Gasteiger partial charge in [0.25, 0.3) is 5.91 Å². The van der Waals surface area contributed by atoms with Crippen molar-refractivity contribution >= 4 is 15.9 Å². The van der Waals surface area contributed by atoms with Crippen LogP contribution in [0.1, 0.15) is 55.1 Å². The lowest BCUT2D eigenvalue weighted by Crippen LogP contribution is -2.30. The van der Waals surface area contributed by atoms with Gasteiger partial charge < -0.3 is 10.1 Å². The molecule has 0 bridgehead atoms. The van der Waals surface area contributed by atoms with E-state index in [1.807, 2.05) is 24.3 Å². The van der Waals surface area contributed by atoms with Gasteiger partial charge in [0.2, 0.25) is 10.0 Å². The van der Waals surface area contributed by atoms with Gasteiger partial charge in [0.05, 0.1) is 11.4 Å². The SMILES string of the molecule is Cc1ccc(S(=O)(=O)N2CCCC2)cc1C(=O)NCCOc1ccccc1C(C)(C)C. The first-order chi connectivity index (χ1) is 14.6. The molecule has 0 unspecified atom stereocenters. The number of sulfonamides is 1. The molecule has 0 saturated carbocycles. The van der Waals surface area contributed by atoms with E-state index < -0.39 is 10.0 Å². The number of para-hydroxylation sites is 1. The van der Waals surface area contributed by atoms with E-state index in [1.165, 1.54) is 10.4 Å². The van der Waals surface area contributed by atoms with Crippen LogP contribution >= 0.6 is 0 Å². The van der Waals surface area contributed by atoms with Crippen molar-refractivity contribution in [2.24, 2.45) is 0 Å². The maximum absolute atomic E-state index is 12.8. The first-order valence-electron chi connectivity index (χ1n) is 10.7. The molecule has 0 spiro atoms. The number of ether oxygens (including phenoxy) is 1. The lowest BCUT2D eigenvalue weighted by Gasteiger charge is -2.22. The number of carbonyl (C=O) groups is 1. The van der Waals surface area contributed by atoms with Crippen LogP contribution in [-0.2, 0) is 15.4 Å². The number of nitrogens with one attached hydrogen (secondary N) is 1. The molecule has 0 aliphatic carbocycles. The second kappa shape index (κ2) is 9.40. The normalized spacial score (nSPS) is 15.1. The Labute approximate surface area is 185 Å². The highest BCUT2D eigenvalue weighted by atomic mass is 32.2. The standard InChI is InChI=1S/C24H32N2O4S/c1-18-11-12-19(31(28,29)26-14-7-8-15-26)17-20(18)23(27)25-13-16-30-22-10-6-5-9-21(22)24(2,3)4/h5-6,9-12,17H,7-8,13-16H2,1-4H3,(H,25,27). The highest BCUT2D eigenvalue weighted by Crippen LogP contribution is 2.30. The number of benzene rings is 2. The van der Waals surface area contributed by atoms with Gasteiger partial charge in [0.1, 0.15) is 12.4 Å². The molecule has 1 N–H and O–H groups in total. The van der Waals surface area contributed by atoms with Gasteiger partial charge in [-0.3, -0.25) is 4.79 Å². The van der Waals surface area contributed by atoms with Gasteiger partial charge in [-0.05, 0) is 54.5 Å². The van der Waals surface area contributed by atoms with E-state index in [2.05, 4.69) is 26.1 Å². The average molecular weight is 445 g/mol. The summed E-state index contributed by atoms with van der Waals surface area (Å²) < 4.78 is 33.0. The van der Waals surface area contributed by atoms with E-state index in [0.29, 0.717) is 31.8 Å². The summed E-state index contributed by atoms with van der Waals surface area (Å²) in [6.07, 6.45) is 1.74. The zero-order chi connectivity index (χ0) is 22.6. The first-order valence-corrected chi connectivity index (χ1v) is 12.2. The lowest BCUT2D eigenvalue weighted by molar-refractivity contribution is 0.0946. The number of rotatable bonds is 7. The Balaban J connectivity index is 1.64. The molecule has 1 aliphatic rings. The molecule has 168 valence electrons. The van der Waals surface area contributed by atoms with Crippen molar-refractivity contribution in [2.75, 3.05) is 26.2 Å². The van der Waals surface area contributed by atoms with E-state index in [0.717, 1.165) is 29.7 Å². The molecule has 1 aliphatic heterocycles. The monoisotopic (exact) mass is 444 g/mol. The van der Waals surface area contributed by atoms with E-state index in [1.54, 1.807) is 19.1 Å². The Hall–Kier alpha value is -2.38. The number of hydrogen-bond donors (Lipinski definition) is 1. The van der Waals surface area contributed by atoms with Gasteiger partial charge in [-0.15, -0.1) is 0 Å². The predicted molar refractivity (Wildman–Crippen MR) is 122 cm³/mol. The lowest BCUT2D eigenvalue weighted by atomic mass is 9.86. The average Bonchev–Trinajstić information content (AvgIpc) is 3.26. The summed E-state index contributed by atoms with van der Waals surface area (Å²) in [5, 5.41) is 2.84. The van der Waals surface area contributed by atoms with Crippen LogP contribution in [0.3, 0.4) is 0 Å². The van der Waals surface area contributed by atoms with Crippen LogP contribution in [0.4, 0.5) is 0 Å². The molecule has 0 aromatic heterocycles. The molecular weight excluding hydrogens is 412 g/mol. The highest BCUT2D eigenvalue weighted by Gasteiger charge is 2.28. The zero-order valence-corrected chi connectivity index (χ0v) is 19.6. The van der Waals surface area contributed by atoms with Gasteiger partial charge in [-0.25, -0.2) is 8.42 Å². The van der Waals surface area contributed by atoms with Crippen LogP contribution in [0.25, 0.3) is 0 Å². The highest BCUT2D eigenvalue weighted by molar-refractivity contribution is 7.89. The molecule has 1 heterocycles. The van der Waals surface area contributed by atoms with Crippen molar-refractivity contribution in [3.05, 3.63) is 59.2 Å². The second-order valence-corrected chi connectivity index (χ2v) is 10.9. The molecule has 3 rings (SSSR count). The van der Waals surface area contributed by atoms with E-state index in [4.69, 9.17) is 4.74 Å². The summed E-state index contributed by atoms with van der Waals surface area (Å²) in [7, 11) is -3.56. The summed E-state index contributed by atoms with van der Waals surface area (Å²) in [4.78, 5) is 12.9. The van der Waals surface area contributed by atoms with Gasteiger partial charge in [0, 0.05) is 18.7 Å². The molecule has 2 aromatic carbocycles. The molecule has 1 amide bonds. The van der Waals surface area contributed by atoms with Crippen molar-refractivity contribution in [3.8, 4) is 5.75 Å². The van der Waals surface area contributed by atoms with Crippen LogP contribution in [-0.4, -0.2) is 44.9 Å². The largest absolute Gasteiger partial charge is 0.491 e. The molecule has 0 atom stereocenters. The van der Waals surface area contributed by atoms with E-state index in [9.17, 15) is 13.2 Å². The third-order valence-electron chi connectivity index (χ3n) is 5.50. The van der Waals surface area contributed by atoms with Gasteiger partial charge in [-0.1, -0.05) is 45.0 Å². The fourth-order valence-corrected chi connectivity index (χ4v) is 5.26. The molecular formula is C24H32N2O4S. The van der Waals surface area contributed by atoms with E-state index in [-0.39, 0.29) is 16.2 Å². The third kappa shape index (κ3) is 5.46. The molecule has 0 radical (unpaired) electrons. The molecule has 1 fully saturated rings. The van der Waals surface area contributed by atoms with Crippen LogP contribution in [0.2, 0.25) is 0 Å². The number of hydrogen-bond acceptors (Lipinski definition) is 4. The van der Waals surface area contributed by atoms with Crippen LogP contribution in [0.5, 0.6) is 5.75 Å². The minimum Gasteiger partial charge on any atom is -0.491 e. The number of nitrogens with zero attached hydrogens (tertiary/aromatic N) is 1. The zero-order valence-electron chi connectivity index (χ0n) is 18.8. The fourth-order valence-electron chi connectivity index (χ4n) is 3.72. The predicted octanol–water partition coefficient (Wildman–Crippen LogP) is 3.89. The maximum atomic E-state index is 12.8. The van der Waals surface area contributed by atoms with E-state index >= 15 is 0 Å². The topological polar surface area (TPSA) is 75.7 Å². The number of carbonyl (C=O) groups excluding carboxylic acids is 1. The molecule has 7 heteroatoms. The van der Waals surface area contributed by atoms with Gasteiger partial charge >= 0.3 is 0 Å². The molecule has 1 saturated heterocycles. The summed E-state index contributed by atoms with van der Waals surface area (Å²) in [5.74, 6) is 0.503. The molecule has 31 heavy (non-hydrogen) atoms. The number of amides is 1. The van der Waals surface area contributed by atoms with Crippen molar-refractivity contribution < 1.29 is 17.9 Å². The Morgan fingerprint density at radius 2 is 1.77 bits per heavy atom. The fraction of sp³-hybridized carbons (Fsp3) is 0.458. The van der Waals surface area contributed by atoms with Crippen molar-refractivity contribution in [3.63, 3.8) is 0 Å². The third-order valence-corrected chi connectivity index (χ3v) is 7.39. The van der Waals surface area contributed by atoms with Crippen molar-refractivity contribution in [2.45, 2.75) is 50.8 Å². The minimum atomic E-state index is -3.56. The maximum Gasteiger partial charge on any atom is 0.251 e. The summed E-state index contributed by atoms with van der Waals surface area (Å²) in [6.45, 7) is 9.89. The summed E-state index contributed by atoms with van der Waals surface area (Å²) in [5.41, 5.74) is 2.17. The summed E-state index contributed by atoms with van der Waals surface area (Å²) >= 11 is 0. The van der Waals surface area contributed by atoms with Crippen LogP contribution in [0, 0.1) is 6.92 Å². The Morgan fingerprint density at radius 3 is 2.45 bits per heavy atom. The Bertz CT molecular complexity index is 1040. The van der Waals surface area contributed by atoms with Gasteiger partial charge in [-0.2, -0.15) is 4.31 Å². The second-order valence-electron chi connectivity index (χ2n) is 8.94. The van der Waals surface area contributed by atoms with Crippen molar-refractivity contribution in [1.29, 1.82) is 0 Å². The Morgan fingerprint density at radius 1 is 1.10 bits per heavy atom. The van der Waals surface area contributed by atoms with Crippen molar-refractivity contribution in [1.82, 2.24) is 9.62 Å². The molecule has 6 nitrogen and oxygen atoms in total. The number of aryl methyl sites for hydroxylation is 1.